The summed E-state index contributed by atoms with van der Waals surface area (Å²) in [5, 5.41) is 2.73. The van der Waals surface area contributed by atoms with Gasteiger partial charge in [-0.1, -0.05) is 18.2 Å². The summed E-state index contributed by atoms with van der Waals surface area (Å²) in [5.41, 5.74) is 1.67. The molecule has 0 atom stereocenters. The van der Waals surface area contributed by atoms with Crippen molar-refractivity contribution in [3.63, 3.8) is 0 Å². The maximum Gasteiger partial charge on any atom is 0.275 e. The van der Waals surface area contributed by atoms with Gasteiger partial charge in [0, 0.05) is 24.1 Å². The van der Waals surface area contributed by atoms with Crippen LogP contribution in [0.15, 0.2) is 67.1 Å². The lowest BCUT2D eigenvalue weighted by Crippen LogP contribution is -2.13. The highest BCUT2D eigenvalue weighted by Crippen LogP contribution is 2.19. The fourth-order valence-electron chi connectivity index (χ4n) is 2.02. The van der Waals surface area contributed by atoms with E-state index < -0.39 is 0 Å². The molecule has 0 radical (unpaired) electrons. The minimum absolute atomic E-state index is 0.232. The summed E-state index contributed by atoms with van der Waals surface area (Å²) in [6.07, 6.45) is 4.35. The number of anilines is 1. The highest BCUT2D eigenvalue weighted by atomic mass is 19.1. The third-order valence-electron chi connectivity index (χ3n) is 3.21. The number of halogens is 1. The lowest BCUT2D eigenvalue weighted by Gasteiger charge is -2.09. The van der Waals surface area contributed by atoms with Crippen LogP contribution in [0, 0.1) is 5.82 Å². The average Bonchev–Trinajstić information content (AvgIpc) is 2.62. The van der Waals surface area contributed by atoms with Crippen LogP contribution in [-0.2, 0) is 6.61 Å². The summed E-state index contributed by atoms with van der Waals surface area (Å²) in [7, 11) is 0. The predicted octanol–water partition coefficient (Wildman–Crippen LogP) is 3.45. The minimum atomic E-state index is -0.348. The number of rotatable bonds is 5. The van der Waals surface area contributed by atoms with Gasteiger partial charge in [-0.3, -0.25) is 9.78 Å². The van der Waals surface area contributed by atoms with Crippen molar-refractivity contribution in [3.05, 3.63) is 84.2 Å². The lowest BCUT2D eigenvalue weighted by molar-refractivity contribution is 0.102. The van der Waals surface area contributed by atoms with E-state index in [1.807, 2.05) is 0 Å². The molecular formula is C18H14FN3O2. The normalized spacial score (nSPS) is 10.2. The summed E-state index contributed by atoms with van der Waals surface area (Å²) in [5.74, 6) is -0.0393. The van der Waals surface area contributed by atoms with Gasteiger partial charge in [0.15, 0.2) is 0 Å². The first-order valence-corrected chi connectivity index (χ1v) is 7.25. The number of nitrogens with zero attached hydrogens (tertiary/aromatic N) is 2. The summed E-state index contributed by atoms with van der Waals surface area (Å²) in [4.78, 5) is 19.9. The molecule has 0 unspecified atom stereocenters. The van der Waals surface area contributed by atoms with Crippen molar-refractivity contribution in [2.24, 2.45) is 0 Å². The molecule has 0 aliphatic carbocycles. The molecular weight excluding hydrogens is 309 g/mol. The molecule has 6 heteroatoms. The van der Waals surface area contributed by atoms with Gasteiger partial charge in [0.1, 0.15) is 23.9 Å². The molecule has 0 bridgehead atoms. The van der Waals surface area contributed by atoms with Gasteiger partial charge in [-0.15, -0.1) is 0 Å². The molecule has 3 rings (SSSR count). The predicted molar refractivity (Wildman–Crippen MR) is 87.2 cm³/mol. The number of benzene rings is 2. The zero-order valence-corrected chi connectivity index (χ0v) is 12.6. The fourth-order valence-corrected chi connectivity index (χ4v) is 2.02. The molecule has 0 spiro atoms. The van der Waals surface area contributed by atoms with E-state index in [1.165, 1.54) is 30.7 Å². The van der Waals surface area contributed by atoms with Gasteiger partial charge in [-0.25, -0.2) is 9.37 Å². The van der Waals surface area contributed by atoms with Gasteiger partial charge < -0.3 is 10.1 Å². The van der Waals surface area contributed by atoms with Crippen molar-refractivity contribution in [2.75, 3.05) is 5.32 Å². The van der Waals surface area contributed by atoms with Crippen molar-refractivity contribution >= 4 is 11.6 Å². The first-order valence-electron chi connectivity index (χ1n) is 7.25. The number of carbonyl (C=O) groups is 1. The van der Waals surface area contributed by atoms with Gasteiger partial charge in [0.2, 0.25) is 0 Å². The van der Waals surface area contributed by atoms with Crippen molar-refractivity contribution < 1.29 is 13.9 Å². The number of carbonyl (C=O) groups excluding carboxylic acids is 1. The number of amides is 1. The molecule has 24 heavy (non-hydrogen) atoms. The standard InChI is InChI=1S/C18H14FN3O2/c19-14-6-4-13(5-7-14)12-24-16-3-1-2-15(10-16)22-18(23)17-11-20-8-9-21-17/h1-11H,12H2,(H,22,23). The molecule has 0 aliphatic rings. The number of hydrogen-bond acceptors (Lipinski definition) is 4. The lowest BCUT2D eigenvalue weighted by atomic mass is 10.2. The van der Waals surface area contributed by atoms with Crippen LogP contribution < -0.4 is 10.1 Å². The Balaban J connectivity index is 1.63. The Kier molecular flexibility index (Phi) is 4.76. The summed E-state index contributed by atoms with van der Waals surface area (Å²) in [6, 6.07) is 13.1. The monoisotopic (exact) mass is 323 g/mol. The molecule has 0 saturated heterocycles. The third-order valence-corrected chi connectivity index (χ3v) is 3.21. The zero-order valence-electron chi connectivity index (χ0n) is 12.6. The van der Waals surface area contributed by atoms with E-state index in [4.69, 9.17) is 4.74 Å². The third kappa shape index (κ3) is 4.13. The Labute approximate surface area is 138 Å². The Bertz CT molecular complexity index is 823. The van der Waals surface area contributed by atoms with E-state index in [1.54, 1.807) is 36.4 Å². The fraction of sp³-hybridized carbons (Fsp3) is 0.0556. The highest BCUT2D eigenvalue weighted by Gasteiger charge is 2.08. The molecule has 2 aromatic carbocycles. The van der Waals surface area contributed by atoms with Gasteiger partial charge in [0.25, 0.3) is 5.91 Å². The van der Waals surface area contributed by atoms with Crippen molar-refractivity contribution in [2.45, 2.75) is 6.61 Å². The van der Waals surface area contributed by atoms with E-state index in [2.05, 4.69) is 15.3 Å². The molecule has 1 aromatic heterocycles. The first-order chi connectivity index (χ1) is 11.7. The second kappa shape index (κ2) is 7.32. The second-order valence-electron chi connectivity index (χ2n) is 4.99. The molecule has 3 aromatic rings. The van der Waals surface area contributed by atoms with E-state index in [0.717, 1.165) is 5.56 Å². The van der Waals surface area contributed by atoms with Crippen LogP contribution >= 0.6 is 0 Å². The van der Waals surface area contributed by atoms with Gasteiger partial charge >= 0.3 is 0 Å². The second-order valence-corrected chi connectivity index (χ2v) is 4.99. The largest absolute Gasteiger partial charge is 0.489 e. The number of aromatic nitrogens is 2. The average molecular weight is 323 g/mol. The van der Waals surface area contributed by atoms with Crippen LogP contribution in [0.1, 0.15) is 16.1 Å². The van der Waals surface area contributed by atoms with Crippen molar-refractivity contribution in [1.29, 1.82) is 0 Å². The molecule has 1 amide bonds. The topological polar surface area (TPSA) is 64.1 Å². The molecule has 1 heterocycles. The summed E-state index contributed by atoms with van der Waals surface area (Å²) >= 11 is 0. The smallest absolute Gasteiger partial charge is 0.275 e. The molecule has 1 N–H and O–H groups in total. The quantitative estimate of drug-likeness (QED) is 0.781. The number of hydrogen-bond donors (Lipinski definition) is 1. The van der Waals surface area contributed by atoms with Gasteiger partial charge in [-0.2, -0.15) is 0 Å². The molecule has 0 fully saturated rings. The summed E-state index contributed by atoms with van der Waals surface area (Å²) < 4.78 is 18.5. The Morgan fingerprint density at radius 3 is 2.71 bits per heavy atom. The zero-order chi connectivity index (χ0) is 16.8. The van der Waals surface area contributed by atoms with E-state index in [-0.39, 0.29) is 17.4 Å². The van der Waals surface area contributed by atoms with E-state index >= 15 is 0 Å². The molecule has 5 nitrogen and oxygen atoms in total. The van der Waals surface area contributed by atoms with Crippen LogP contribution in [0.2, 0.25) is 0 Å². The minimum Gasteiger partial charge on any atom is -0.489 e. The maximum atomic E-state index is 12.9. The van der Waals surface area contributed by atoms with E-state index in [0.29, 0.717) is 18.0 Å². The van der Waals surface area contributed by atoms with Crippen molar-refractivity contribution in [3.8, 4) is 5.75 Å². The maximum absolute atomic E-state index is 12.9. The Hall–Kier alpha value is -3.28. The number of nitrogens with one attached hydrogen (secondary N) is 1. The Morgan fingerprint density at radius 2 is 1.96 bits per heavy atom. The van der Waals surface area contributed by atoms with Crippen LogP contribution in [0.5, 0.6) is 5.75 Å². The van der Waals surface area contributed by atoms with Crippen LogP contribution in [0.25, 0.3) is 0 Å². The van der Waals surface area contributed by atoms with Crippen LogP contribution in [0.3, 0.4) is 0 Å². The van der Waals surface area contributed by atoms with Crippen molar-refractivity contribution in [1.82, 2.24) is 9.97 Å². The SMILES string of the molecule is O=C(Nc1cccc(OCc2ccc(F)cc2)c1)c1cnccn1. The molecule has 0 aliphatic heterocycles. The van der Waals surface area contributed by atoms with Gasteiger partial charge in [0.05, 0.1) is 6.20 Å². The summed E-state index contributed by atoms with van der Waals surface area (Å²) in [6.45, 7) is 0.307. The van der Waals surface area contributed by atoms with Gasteiger partial charge in [-0.05, 0) is 29.8 Å². The molecule has 0 saturated carbocycles. The number of ether oxygens (including phenoxy) is 1. The molecule has 120 valence electrons. The highest BCUT2D eigenvalue weighted by molar-refractivity contribution is 6.02. The van der Waals surface area contributed by atoms with Crippen LogP contribution in [-0.4, -0.2) is 15.9 Å². The first kappa shape index (κ1) is 15.6. The van der Waals surface area contributed by atoms with Crippen LogP contribution in [0.4, 0.5) is 10.1 Å². The Morgan fingerprint density at radius 1 is 1.12 bits per heavy atom. The van der Waals surface area contributed by atoms with E-state index in [9.17, 15) is 9.18 Å².